The molecule has 1 unspecified atom stereocenters. The molecule has 3 rings (SSSR count). The van der Waals surface area contributed by atoms with Crippen molar-refractivity contribution in [3.63, 3.8) is 0 Å². The predicted molar refractivity (Wildman–Crippen MR) is 121 cm³/mol. The van der Waals surface area contributed by atoms with E-state index in [1.807, 2.05) is 43.3 Å². The number of thioether (sulfide) groups is 1. The van der Waals surface area contributed by atoms with E-state index in [0.29, 0.717) is 6.54 Å². The highest BCUT2D eigenvalue weighted by Gasteiger charge is 2.21. The number of methoxy groups -OCH3 is 1. The fourth-order valence-electron chi connectivity index (χ4n) is 3.19. The van der Waals surface area contributed by atoms with E-state index in [0.717, 1.165) is 40.8 Å². The summed E-state index contributed by atoms with van der Waals surface area (Å²) in [4.78, 5) is 12.7. The Bertz CT molecular complexity index is 1000. The Morgan fingerprint density at radius 3 is 2.73 bits per heavy atom. The Labute approximate surface area is 182 Å². The Balaban J connectivity index is 1.71. The summed E-state index contributed by atoms with van der Waals surface area (Å²) >= 11 is 1.43. The number of hydrogen-bond acceptors (Lipinski definition) is 5. The average Bonchev–Trinajstić information content (AvgIpc) is 3.14. The van der Waals surface area contributed by atoms with Gasteiger partial charge in [-0.1, -0.05) is 60.6 Å². The lowest BCUT2D eigenvalue weighted by atomic mass is 10.1. The lowest BCUT2D eigenvalue weighted by molar-refractivity contribution is -0.120. The Morgan fingerprint density at radius 1 is 1.20 bits per heavy atom. The van der Waals surface area contributed by atoms with Crippen molar-refractivity contribution in [2.75, 3.05) is 7.11 Å². The van der Waals surface area contributed by atoms with Crippen molar-refractivity contribution in [2.24, 2.45) is 0 Å². The number of carbonyl (C=O) groups excluding carboxylic acids is 1. The molecule has 0 aliphatic heterocycles. The van der Waals surface area contributed by atoms with Crippen molar-refractivity contribution in [2.45, 2.75) is 50.7 Å². The fourth-order valence-corrected chi connectivity index (χ4v) is 4.09. The summed E-state index contributed by atoms with van der Waals surface area (Å²) in [6.07, 6.45) is 0.957. The standard InChI is InChI=1S/C23H28N4O2S/c1-5-13-27-21(18-11-8-9-16(2)14-18)25-26-23(27)30-17(3)22(28)24-15-19-10-6-7-12-20(19)29-4/h6-12,14,17H,5,13,15H2,1-4H3,(H,24,28). The predicted octanol–water partition coefficient (Wildman–Crippen LogP) is 4.47. The molecule has 0 bridgehead atoms. The first kappa shape index (κ1) is 21.9. The number of hydrogen-bond donors (Lipinski definition) is 1. The van der Waals surface area contributed by atoms with E-state index in [9.17, 15) is 4.79 Å². The van der Waals surface area contributed by atoms with Crippen LogP contribution in [-0.4, -0.2) is 33.0 Å². The maximum atomic E-state index is 12.7. The lowest BCUT2D eigenvalue weighted by Crippen LogP contribution is -2.30. The first-order valence-corrected chi connectivity index (χ1v) is 11.0. The van der Waals surface area contributed by atoms with Gasteiger partial charge in [0.1, 0.15) is 5.75 Å². The van der Waals surface area contributed by atoms with Gasteiger partial charge in [0.2, 0.25) is 5.91 Å². The molecule has 0 saturated carbocycles. The van der Waals surface area contributed by atoms with Crippen LogP contribution in [0.15, 0.2) is 53.7 Å². The molecule has 7 heteroatoms. The molecule has 1 heterocycles. The number of ether oxygens (including phenoxy) is 1. The molecule has 0 aliphatic carbocycles. The fraction of sp³-hybridized carbons (Fsp3) is 0.348. The highest BCUT2D eigenvalue weighted by atomic mass is 32.2. The van der Waals surface area contributed by atoms with Crippen LogP contribution in [0.2, 0.25) is 0 Å². The highest BCUT2D eigenvalue weighted by molar-refractivity contribution is 8.00. The highest BCUT2D eigenvalue weighted by Crippen LogP contribution is 2.28. The molecule has 0 saturated heterocycles. The number of carbonyl (C=O) groups is 1. The summed E-state index contributed by atoms with van der Waals surface area (Å²) in [7, 11) is 1.63. The molecule has 0 aliphatic rings. The third-order valence-electron chi connectivity index (χ3n) is 4.74. The molecule has 2 aromatic carbocycles. The van der Waals surface area contributed by atoms with Crippen molar-refractivity contribution in [1.82, 2.24) is 20.1 Å². The van der Waals surface area contributed by atoms with E-state index in [2.05, 4.69) is 46.1 Å². The quantitative estimate of drug-likeness (QED) is 0.513. The number of aryl methyl sites for hydroxylation is 1. The zero-order valence-electron chi connectivity index (χ0n) is 17.9. The molecular weight excluding hydrogens is 396 g/mol. The number of nitrogens with one attached hydrogen (secondary N) is 1. The van der Waals surface area contributed by atoms with Gasteiger partial charge < -0.3 is 14.6 Å². The van der Waals surface area contributed by atoms with E-state index in [-0.39, 0.29) is 11.2 Å². The smallest absolute Gasteiger partial charge is 0.233 e. The number of nitrogens with zero attached hydrogens (tertiary/aromatic N) is 3. The maximum Gasteiger partial charge on any atom is 0.233 e. The minimum atomic E-state index is -0.301. The van der Waals surface area contributed by atoms with E-state index in [4.69, 9.17) is 4.74 Å². The molecule has 0 radical (unpaired) electrons. The van der Waals surface area contributed by atoms with Crippen LogP contribution in [0.1, 0.15) is 31.4 Å². The van der Waals surface area contributed by atoms with Gasteiger partial charge in [0.15, 0.2) is 11.0 Å². The summed E-state index contributed by atoms with van der Waals surface area (Å²) in [6, 6.07) is 15.9. The summed E-state index contributed by atoms with van der Waals surface area (Å²) in [6.45, 7) is 7.29. The van der Waals surface area contributed by atoms with E-state index in [1.165, 1.54) is 17.3 Å². The third kappa shape index (κ3) is 5.21. The van der Waals surface area contributed by atoms with Crippen LogP contribution in [0.3, 0.4) is 0 Å². The van der Waals surface area contributed by atoms with Crippen LogP contribution in [0.4, 0.5) is 0 Å². The molecule has 0 fully saturated rings. The number of rotatable bonds is 9. The van der Waals surface area contributed by atoms with Gasteiger partial charge >= 0.3 is 0 Å². The van der Waals surface area contributed by atoms with E-state index in [1.54, 1.807) is 7.11 Å². The van der Waals surface area contributed by atoms with Crippen LogP contribution >= 0.6 is 11.8 Å². The second kappa shape index (κ2) is 10.3. The Morgan fingerprint density at radius 2 is 2.00 bits per heavy atom. The van der Waals surface area contributed by atoms with Crippen molar-refractivity contribution in [1.29, 1.82) is 0 Å². The zero-order chi connectivity index (χ0) is 21.5. The first-order chi connectivity index (χ1) is 14.5. The summed E-state index contributed by atoms with van der Waals surface area (Å²) in [5.74, 6) is 1.56. The number of aromatic nitrogens is 3. The van der Waals surface area contributed by atoms with Crippen LogP contribution in [0.25, 0.3) is 11.4 Å². The maximum absolute atomic E-state index is 12.7. The molecule has 1 aromatic heterocycles. The van der Waals surface area contributed by atoms with Crippen LogP contribution in [-0.2, 0) is 17.9 Å². The SMILES string of the molecule is CCCn1c(SC(C)C(=O)NCc2ccccc2OC)nnc1-c1cccc(C)c1. The van der Waals surface area contributed by atoms with Crippen LogP contribution in [0.5, 0.6) is 5.75 Å². The van der Waals surface area contributed by atoms with Gasteiger partial charge in [-0.3, -0.25) is 4.79 Å². The summed E-state index contributed by atoms with van der Waals surface area (Å²) in [5.41, 5.74) is 3.16. The third-order valence-corrected chi connectivity index (χ3v) is 5.82. The van der Waals surface area contributed by atoms with Crippen molar-refractivity contribution < 1.29 is 9.53 Å². The molecule has 1 amide bonds. The average molecular weight is 425 g/mol. The van der Waals surface area contributed by atoms with Gasteiger partial charge in [-0.25, -0.2) is 0 Å². The van der Waals surface area contributed by atoms with Gasteiger partial charge in [0.05, 0.1) is 12.4 Å². The Hall–Kier alpha value is -2.80. The van der Waals surface area contributed by atoms with Crippen LogP contribution in [0, 0.1) is 6.92 Å². The summed E-state index contributed by atoms with van der Waals surface area (Å²) in [5, 5.41) is 12.3. The molecule has 1 N–H and O–H groups in total. The van der Waals surface area contributed by atoms with E-state index < -0.39 is 0 Å². The second-order valence-electron chi connectivity index (χ2n) is 7.12. The molecule has 3 aromatic rings. The molecule has 30 heavy (non-hydrogen) atoms. The second-order valence-corrected chi connectivity index (χ2v) is 8.42. The normalized spacial score (nSPS) is 11.9. The van der Waals surface area contributed by atoms with Crippen LogP contribution < -0.4 is 10.1 Å². The summed E-state index contributed by atoms with van der Waals surface area (Å²) < 4.78 is 7.45. The molecule has 0 spiro atoms. The lowest BCUT2D eigenvalue weighted by Gasteiger charge is -2.14. The number of benzene rings is 2. The minimum Gasteiger partial charge on any atom is -0.496 e. The minimum absolute atomic E-state index is 0.0472. The number of amides is 1. The van der Waals surface area contributed by atoms with Crippen molar-refractivity contribution in [3.8, 4) is 17.1 Å². The van der Waals surface area contributed by atoms with Gasteiger partial charge in [-0.2, -0.15) is 0 Å². The van der Waals surface area contributed by atoms with Gasteiger partial charge in [-0.15, -0.1) is 10.2 Å². The van der Waals surface area contributed by atoms with Gasteiger partial charge in [-0.05, 0) is 32.4 Å². The monoisotopic (exact) mass is 424 g/mol. The topological polar surface area (TPSA) is 69.0 Å². The Kier molecular flexibility index (Phi) is 7.52. The van der Waals surface area contributed by atoms with Crippen molar-refractivity contribution in [3.05, 3.63) is 59.7 Å². The molecule has 6 nitrogen and oxygen atoms in total. The molecule has 1 atom stereocenters. The van der Waals surface area contributed by atoms with Crippen molar-refractivity contribution >= 4 is 17.7 Å². The van der Waals surface area contributed by atoms with E-state index >= 15 is 0 Å². The van der Waals surface area contributed by atoms with Gasteiger partial charge in [0.25, 0.3) is 0 Å². The zero-order valence-corrected chi connectivity index (χ0v) is 18.7. The largest absolute Gasteiger partial charge is 0.496 e. The van der Waals surface area contributed by atoms with Gasteiger partial charge in [0, 0.05) is 24.2 Å². The molecular formula is C23H28N4O2S. The number of para-hydroxylation sites is 1. The molecule has 158 valence electrons. The first-order valence-electron chi connectivity index (χ1n) is 10.1.